The average molecular weight is 254 g/mol. The molecule has 0 heterocycles. The highest BCUT2D eigenvalue weighted by Gasteiger charge is 2.28. The zero-order valence-electron chi connectivity index (χ0n) is 10.5. The van der Waals surface area contributed by atoms with Gasteiger partial charge in [0.2, 0.25) is 0 Å². The minimum Gasteiger partial charge on any atom is -0.488 e. The summed E-state index contributed by atoms with van der Waals surface area (Å²) in [5.41, 5.74) is 7.00. The molecule has 0 saturated heterocycles. The molecule has 1 aromatic rings. The molecule has 0 atom stereocenters. The maximum absolute atomic E-state index is 5.95. The smallest absolute Gasteiger partial charge is 0.144 e. The van der Waals surface area contributed by atoms with E-state index in [9.17, 15) is 0 Å². The number of hydrogen-bond donors (Lipinski definition) is 1. The third-order valence-electron chi connectivity index (χ3n) is 3.56. The van der Waals surface area contributed by atoms with Crippen LogP contribution in [-0.4, -0.2) is 6.10 Å². The highest BCUT2D eigenvalue weighted by atomic mass is 35.5. The van der Waals surface area contributed by atoms with E-state index in [0.29, 0.717) is 16.1 Å². The third-order valence-corrected chi connectivity index (χ3v) is 3.79. The summed E-state index contributed by atoms with van der Waals surface area (Å²) in [4.78, 5) is 0. The van der Waals surface area contributed by atoms with Crippen LogP contribution in [0.2, 0.25) is 5.02 Å². The fourth-order valence-electron chi connectivity index (χ4n) is 2.28. The van der Waals surface area contributed by atoms with E-state index in [0.717, 1.165) is 18.6 Å². The van der Waals surface area contributed by atoms with Gasteiger partial charge in [0.25, 0.3) is 0 Å². The fourth-order valence-corrected chi connectivity index (χ4v) is 2.44. The second kappa shape index (κ2) is 4.77. The first kappa shape index (κ1) is 12.6. The van der Waals surface area contributed by atoms with E-state index in [-0.39, 0.29) is 6.10 Å². The molecule has 94 valence electrons. The van der Waals surface area contributed by atoms with E-state index in [2.05, 4.69) is 13.8 Å². The summed E-state index contributed by atoms with van der Waals surface area (Å²) >= 11 is 5.94. The van der Waals surface area contributed by atoms with Crippen LogP contribution in [0.5, 0.6) is 5.75 Å². The lowest BCUT2D eigenvalue weighted by Gasteiger charge is -2.34. The maximum Gasteiger partial charge on any atom is 0.144 e. The number of benzene rings is 1. The Morgan fingerprint density at radius 2 is 1.94 bits per heavy atom. The van der Waals surface area contributed by atoms with Gasteiger partial charge in [0.15, 0.2) is 0 Å². The number of ether oxygens (including phenoxy) is 1. The van der Waals surface area contributed by atoms with E-state index in [1.807, 2.05) is 0 Å². The predicted octanol–water partition coefficient (Wildman–Crippen LogP) is 4.27. The number of nitrogen functional groups attached to an aromatic ring is 1. The molecule has 1 fully saturated rings. The number of rotatable bonds is 2. The number of anilines is 1. The Morgan fingerprint density at radius 3 is 2.59 bits per heavy atom. The summed E-state index contributed by atoms with van der Waals surface area (Å²) in [5, 5.41) is 0.672. The first-order valence-corrected chi connectivity index (χ1v) is 6.56. The van der Waals surface area contributed by atoms with Crippen molar-refractivity contribution < 1.29 is 4.74 Å². The molecule has 0 unspecified atom stereocenters. The van der Waals surface area contributed by atoms with Crippen LogP contribution in [0.4, 0.5) is 5.69 Å². The van der Waals surface area contributed by atoms with E-state index in [1.165, 1.54) is 12.8 Å². The molecule has 0 radical (unpaired) electrons. The van der Waals surface area contributed by atoms with Gasteiger partial charge in [-0.1, -0.05) is 25.4 Å². The predicted molar refractivity (Wildman–Crippen MR) is 72.5 cm³/mol. The number of nitrogens with two attached hydrogens (primary N) is 1. The van der Waals surface area contributed by atoms with Crippen molar-refractivity contribution in [1.29, 1.82) is 0 Å². The molecule has 1 saturated carbocycles. The van der Waals surface area contributed by atoms with Crippen LogP contribution >= 0.6 is 11.6 Å². The van der Waals surface area contributed by atoms with E-state index in [4.69, 9.17) is 22.1 Å². The minimum atomic E-state index is 0.281. The molecule has 2 N–H and O–H groups in total. The van der Waals surface area contributed by atoms with Crippen LogP contribution in [0.15, 0.2) is 18.2 Å². The molecule has 17 heavy (non-hydrogen) atoms. The van der Waals surface area contributed by atoms with E-state index >= 15 is 0 Å². The van der Waals surface area contributed by atoms with Crippen LogP contribution in [-0.2, 0) is 0 Å². The zero-order chi connectivity index (χ0) is 12.5. The summed E-state index contributed by atoms with van der Waals surface area (Å²) in [5.74, 6) is 0.724. The SMILES string of the molecule is CC1(C)CCC(Oc2cc(Cl)ccc2N)CC1. The Bertz CT molecular complexity index is 393. The normalized spacial score (nSPS) is 20.2. The summed E-state index contributed by atoms with van der Waals surface area (Å²) in [7, 11) is 0. The highest BCUT2D eigenvalue weighted by Crippen LogP contribution is 2.37. The third kappa shape index (κ3) is 3.29. The largest absolute Gasteiger partial charge is 0.488 e. The summed E-state index contributed by atoms with van der Waals surface area (Å²) in [6, 6.07) is 5.38. The number of hydrogen-bond acceptors (Lipinski definition) is 2. The standard InChI is InChI=1S/C14H20ClNO/c1-14(2)7-5-11(6-8-14)17-13-9-10(15)3-4-12(13)16/h3-4,9,11H,5-8,16H2,1-2H3. The van der Waals surface area contributed by atoms with Crippen molar-refractivity contribution in [3.8, 4) is 5.75 Å². The van der Waals surface area contributed by atoms with Gasteiger partial charge >= 0.3 is 0 Å². The van der Waals surface area contributed by atoms with Crippen molar-refractivity contribution in [2.75, 3.05) is 5.73 Å². The maximum atomic E-state index is 5.95. The molecule has 1 aliphatic rings. The van der Waals surface area contributed by atoms with Crippen LogP contribution in [0.25, 0.3) is 0 Å². The first-order valence-electron chi connectivity index (χ1n) is 6.18. The highest BCUT2D eigenvalue weighted by molar-refractivity contribution is 6.30. The van der Waals surface area contributed by atoms with Crippen LogP contribution < -0.4 is 10.5 Å². The number of halogens is 1. The lowest BCUT2D eigenvalue weighted by molar-refractivity contribution is 0.0994. The zero-order valence-corrected chi connectivity index (χ0v) is 11.3. The quantitative estimate of drug-likeness (QED) is 0.799. The molecule has 2 nitrogen and oxygen atoms in total. The second-order valence-electron chi connectivity index (χ2n) is 5.66. The van der Waals surface area contributed by atoms with Gasteiger partial charge in [-0.25, -0.2) is 0 Å². The van der Waals surface area contributed by atoms with E-state index < -0.39 is 0 Å². The molecule has 0 aromatic heterocycles. The molecule has 0 bridgehead atoms. The van der Waals surface area contributed by atoms with E-state index in [1.54, 1.807) is 18.2 Å². The summed E-state index contributed by atoms with van der Waals surface area (Å²) in [6.45, 7) is 4.63. The molecule has 0 spiro atoms. The van der Waals surface area contributed by atoms with Crippen molar-refractivity contribution in [3.05, 3.63) is 23.2 Å². The van der Waals surface area contributed by atoms with Gasteiger partial charge in [0.1, 0.15) is 5.75 Å². The Balaban J connectivity index is 2.00. The van der Waals surface area contributed by atoms with Gasteiger partial charge in [0.05, 0.1) is 11.8 Å². The Hall–Kier alpha value is -0.890. The van der Waals surface area contributed by atoms with Gasteiger partial charge in [-0.3, -0.25) is 0 Å². The van der Waals surface area contributed by atoms with Gasteiger partial charge < -0.3 is 10.5 Å². The monoisotopic (exact) mass is 253 g/mol. The molecule has 0 amide bonds. The summed E-state index contributed by atoms with van der Waals surface area (Å²) < 4.78 is 5.95. The van der Waals surface area contributed by atoms with Crippen LogP contribution in [0.3, 0.4) is 0 Å². The van der Waals surface area contributed by atoms with Gasteiger partial charge in [-0.2, -0.15) is 0 Å². The molecule has 1 aromatic carbocycles. The molecule has 3 heteroatoms. The van der Waals surface area contributed by atoms with Crippen molar-refractivity contribution in [1.82, 2.24) is 0 Å². The Morgan fingerprint density at radius 1 is 1.29 bits per heavy atom. The second-order valence-corrected chi connectivity index (χ2v) is 6.10. The lowest BCUT2D eigenvalue weighted by atomic mass is 9.76. The minimum absolute atomic E-state index is 0.281. The van der Waals surface area contributed by atoms with Crippen LogP contribution in [0.1, 0.15) is 39.5 Å². The fraction of sp³-hybridized carbons (Fsp3) is 0.571. The Labute approximate surface area is 108 Å². The van der Waals surface area contributed by atoms with Crippen molar-refractivity contribution in [2.45, 2.75) is 45.6 Å². The molecule has 0 aliphatic heterocycles. The van der Waals surface area contributed by atoms with Crippen molar-refractivity contribution in [2.24, 2.45) is 5.41 Å². The average Bonchev–Trinajstić information content (AvgIpc) is 2.26. The van der Waals surface area contributed by atoms with Gasteiger partial charge in [-0.15, -0.1) is 0 Å². The first-order chi connectivity index (χ1) is 7.96. The van der Waals surface area contributed by atoms with Crippen molar-refractivity contribution in [3.63, 3.8) is 0 Å². The topological polar surface area (TPSA) is 35.2 Å². The molecule has 2 rings (SSSR count). The molecular formula is C14H20ClNO. The molecule has 1 aliphatic carbocycles. The van der Waals surface area contributed by atoms with Crippen LogP contribution in [0, 0.1) is 5.41 Å². The lowest BCUT2D eigenvalue weighted by Crippen LogP contribution is -2.28. The van der Waals surface area contributed by atoms with Crippen molar-refractivity contribution >= 4 is 17.3 Å². The van der Waals surface area contributed by atoms with Gasteiger partial charge in [0, 0.05) is 11.1 Å². The Kier molecular flexibility index (Phi) is 3.53. The van der Waals surface area contributed by atoms with Gasteiger partial charge in [-0.05, 0) is 43.2 Å². The molecular weight excluding hydrogens is 234 g/mol. The summed E-state index contributed by atoms with van der Waals surface area (Å²) in [6.07, 6.45) is 4.89.